The molecule has 0 bridgehead atoms. The number of para-hydroxylation sites is 2. The number of Topliss-reactive ketones (excluding diaryl/α,β-unsaturated/α-hetero) is 1. The van der Waals surface area contributed by atoms with E-state index in [1.807, 2.05) is 36.4 Å². The van der Waals surface area contributed by atoms with Crippen LogP contribution in [-0.2, 0) is 14.8 Å². The first-order chi connectivity index (χ1) is 15.7. The number of likely N-dealkylation sites (N-methyl/N-ethyl adjacent to an activating group) is 1. The molecular formula is C24H22N4O4S. The molecule has 0 unspecified atom stereocenters. The van der Waals surface area contributed by atoms with E-state index in [2.05, 4.69) is 15.3 Å². The first-order valence-corrected chi connectivity index (χ1v) is 11.6. The van der Waals surface area contributed by atoms with E-state index in [-0.39, 0.29) is 17.2 Å². The van der Waals surface area contributed by atoms with Crippen LogP contribution in [0.1, 0.15) is 17.3 Å². The summed E-state index contributed by atoms with van der Waals surface area (Å²) in [4.78, 5) is 31.6. The zero-order valence-electron chi connectivity index (χ0n) is 18.1. The first-order valence-electron chi connectivity index (χ1n) is 10.2. The molecule has 0 saturated carbocycles. The monoisotopic (exact) mass is 462 g/mol. The zero-order chi connectivity index (χ0) is 23.6. The van der Waals surface area contributed by atoms with Crippen molar-refractivity contribution in [3.05, 3.63) is 78.4 Å². The number of carbonyl (C=O) groups is 2. The van der Waals surface area contributed by atoms with Gasteiger partial charge in [0.05, 0.1) is 22.5 Å². The van der Waals surface area contributed by atoms with Gasteiger partial charge in [-0.15, -0.1) is 0 Å². The average molecular weight is 463 g/mol. The highest BCUT2D eigenvalue weighted by atomic mass is 32.2. The third-order valence-electron chi connectivity index (χ3n) is 5.17. The second kappa shape index (κ2) is 8.97. The predicted octanol–water partition coefficient (Wildman–Crippen LogP) is 3.69. The van der Waals surface area contributed by atoms with Gasteiger partial charge >= 0.3 is 0 Å². The Morgan fingerprint density at radius 1 is 0.970 bits per heavy atom. The molecule has 0 fully saturated rings. The molecule has 33 heavy (non-hydrogen) atoms. The topological polar surface area (TPSA) is 112 Å². The highest BCUT2D eigenvalue weighted by Crippen LogP contribution is 2.22. The quantitative estimate of drug-likeness (QED) is 0.407. The molecule has 2 N–H and O–H groups in total. The molecule has 0 atom stereocenters. The zero-order valence-corrected chi connectivity index (χ0v) is 18.9. The molecule has 0 aliphatic rings. The van der Waals surface area contributed by atoms with E-state index in [9.17, 15) is 18.0 Å². The Morgan fingerprint density at radius 2 is 1.64 bits per heavy atom. The lowest BCUT2D eigenvalue weighted by atomic mass is 10.2. The predicted molar refractivity (Wildman–Crippen MR) is 126 cm³/mol. The normalized spacial score (nSPS) is 11.6. The molecule has 9 heteroatoms. The van der Waals surface area contributed by atoms with Gasteiger partial charge in [-0.05, 0) is 55.5 Å². The van der Waals surface area contributed by atoms with E-state index < -0.39 is 15.9 Å². The van der Waals surface area contributed by atoms with Gasteiger partial charge in [-0.25, -0.2) is 13.4 Å². The van der Waals surface area contributed by atoms with Crippen LogP contribution in [0.25, 0.3) is 22.4 Å². The van der Waals surface area contributed by atoms with Gasteiger partial charge in [0.1, 0.15) is 5.82 Å². The number of hydrogen-bond acceptors (Lipinski definition) is 5. The molecule has 1 heterocycles. The van der Waals surface area contributed by atoms with Gasteiger partial charge in [-0.3, -0.25) is 9.59 Å². The van der Waals surface area contributed by atoms with E-state index in [1.165, 1.54) is 38.2 Å². The van der Waals surface area contributed by atoms with E-state index in [0.717, 1.165) is 26.7 Å². The maximum absolute atomic E-state index is 12.7. The minimum atomic E-state index is -3.88. The van der Waals surface area contributed by atoms with Gasteiger partial charge in [0.25, 0.3) is 0 Å². The van der Waals surface area contributed by atoms with Crippen molar-refractivity contribution in [3.8, 4) is 11.4 Å². The first kappa shape index (κ1) is 22.4. The lowest BCUT2D eigenvalue weighted by molar-refractivity contribution is -0.116. The van der Waals surface area contributed by atoms with Crippen LogP contribution in [0, 0.1) is 0 Å². The van der Waals surface area contributed by atoms with Crippen molar-refractivity contribution in [1.29, 1.82) is 0 Å². The molecule has 0 radical (unpaired) electrons. The van der Waals surface area contributed by atoms with E-state index in [0.29, 0.717) is 11.3 Å². The average Bonchev–Trinajstić information content (AvgIpc) is 3.24. The Kier molecular flexibility index (Phi) is 6.08. The maximum Gasteiger partial charge on any atom is 0.243 e. The summed E-state index contributed by atoms with van der Waals surface area (Å²) in [6.07, 6.45) is 0. The largest absolute Gasteiger partial charge is 0.338 e. The number of nitrogens with one attached hydrogen (secondary N) is 2. The Labute approximate surface area is 191 Å². The van der Waals surface area contributed by atoms with Gasteiger partial charge in [0.15, 0.2) is 5.78 Å². The van der Waals surface area contributed by atoms with Crippen molar-refractivity contribution in [2.24, 2.45) is 0 Å². The SMILES string of the molecule is CC(=O)c1ccc(S(=O)(=O)N(C)CC(=O)Nc2ccc(-c3nc4ccccc4[nH]3)cc2)cc1. The van der Waals surface area contributed by atoms with Crippen LogP contribution >= 0.6 is 0 Å². The molecule has 0 saturated heterocycles. The third-order valence-corrected chi connectivity index (χ3v) is 6.98. The number of nitrogens with zero attached hydrogens (tertiary/aromatic N) is 2. The summed E-state index contributed by atoms with van der Waals surface area (Å²) in [5.41, 5.74) is 3.62. The molecule has 1 aromatic heterocycles. The van der Waals surface area contributed by atoms with Crippen LogP contribution in [0.5, 0.6) is 0 Å². The fourth-order valence-electron chi connectivity index (χ4n) is 3.33. The number of sulfonamides is 1. The Bertz CT molecular complexity index is 1390. The summed E-state index contributed by atoms with van der Waals surface area (Å²) in [5.74, 6) is 0.0895. The van der Waals surface area contributed by atoms with Crippen molar-refractivity contribution in [2.75, 3.05) is 18.9 Å². The molecular weight excluding hydrogens is 440 g/mol. The van der Waals surface area contributed by atoms with E-state index in [1.54, 1.807) is 12.1 Å². The highest BCUT2D eigenvalue weighted by molar-refractivity contribution is 7.89. The lowest BCUT2D eigenvalue weighted by Crippen LogP contribution is -2.35. The molecule has 4 aromatic rings. The fourth-order valence-corrected chi connectivity index (χ4v) is 4.46. The van der Waals surface area contributed by atoms with Gasteiger partial charge < -0.3 is 10.3 Å². The minimum Gasteiger partial charge on any atom is -0.338 e. The van der Waals surface area contributed by atoms with Crippen LogP contribution in [0.2, 0.25) is 0 Å². The number of carbonyl (C=O) groups excluding carboxylic acids is 2. The molecule has 3 aromatic carbocycles. The summed E-state index contributed by atoms with van der Waals surface area (Å²) < 4.78 is 26.4. The summed E-state index contributed by atoms with van der Waals surface area (Å²) >= 11 is 0. The number of hydrogen-bond donors (Lipinski definition) is 2. The number of H-pyrrole nitrogens is 1. The van der Waals surface area contributed by atoms with Gasteiger partial charge in [-0.1, -0.05) is 24.3 Å². The van der Waals surface area contributed by atoms with Gasteiger partial charge in [0.2, 0.25) is 15.9 Å². The lowest BCUT2D eigenvalue weighted by Gasteiger charge is -2.17. The highest BCUT2D eigenvalue weighted by Gasteiger charge is 2.23. The van der Waals surface area contributed by atoms with Gasteiger partial charge in [0, 0.05) is 23.9 Å². The van der Waals surface area contributed by atoms with Crippen molar-refractivity contribution >= 4 is 38.4 Å². The van der Waals surface area contributed by atoms with E-state index >= 15 is 0 Å². The Balaban J connectivity index is 1.41. The number of imidazole rings is 1. The summed E-state index contributed by atoms with van der Waals surface area (Å²) in [5, 5.41) is 2.71. The molecule has 0 aliphatic carbocycles. The van der Waals surface area contributed by atoms with Crippen LogP contribution < -0.4 is 5.32 Å². The number of ketones is 1. The minimum absolute atomic E-state index is 0.0120. The van der Waals surface area contributed by atoms with Crippen molar-refractivity contribution < 1.29 is 18.0 Å². The van der Waals surface area contributed by atoms with Gasteiger partial charge in [-0.2, -0.15) is 4.31 Å². The van der Waals surface area contributed by atoms with Crippen molar-refractivity contribution in [3.63, 3.8) is 0 Å². The number of aromatic amines is 1. The fraction of sp³-hybridized carbons (Fsp3) is 0.125. The van der Waals surface area contributed by atoms with Crippen LogP contribution in [-0.4, -0.2) is 48.0 Å². The standard InChI is InChI=1S/C24H22N4O4S/c1-16(29)17-9-13-20(14-10-17)33(31,32)28(2)15-23(30)25-19-11-7-18(8-12-19)24-26-21-5-3-4-6-22(21)27-24/h3-14H,15H2,1-2H3,(H,25,30)(H,26,27). The Morgan fingerprint density at radius 3 is 2.27 bits per heavy atom. The molecule has 0 spiro atoms. The Hall–Kier alpha value is -3.82. The summed E-state index contributed by atoms with van der Waals surface area (Å²) in [6.45, 7) is 1.05. The summed E-state index contributed by atoms with van der Waals surface area (Å²) in [6, 6.07) is 20.5. The van der Waals surface area contributed by atoms with E-state index in [4.69, 9.17) is 0 Å². The molecule has 168 valence electrons. The second-order valence-corrected chi connectivity index (χ2v) is 9.61. The number of fused-ring (bicyclic) bond motifs is 1. The molecule has 1 amide bonds. The molecule has 0 aliphatic heterocycles. The smallest absolute Gasteiger partial charge is 0.243 e. The number of benzene rings is 3. The van der Waals surface area contributed by atoms with Crippen LogP contribution in [0.4, 0.5) is 5.69 Å². The second-order valence-electron chi connectivity index (χ2n) is 7.57. The number of anilines is 1. The van der Waals surface area contributed by atoms with Crippen molar-refractivity contribution in [1.82, 2.24) is 14.3 Å². The van der Waals surface area contributed by atoms with Crippen LogP contribution in [0.3, 0.4) is 0 Å². The van der Waals surface area contributed by atoms with Crippen LogP contribution in [0.15, 0.2) is 77.7 Å². The molecule has 4 rings (SSSR count). The number of aromatic nitrogens is 2. The molecule has 8 nitrogen and oxygen atoms in total. The number of amides is 1. The maximum atomic E-state index is 12.7. The third kappa shape index (κ3) is 4.84. The van der Waals surface area contributed by atoms with Crippen molar-refractivity contribution in [2.45, 2.75) is 11.8 Å². The number of rotatable bonds is 7. The summed E-state index contributed by atoms with van der Waals surface area (Å²) in [7, 11) is -2.54.